The average Bonchev–Trinajstić information content (AvgIpc) is 3.72. The van der Waals surface area contributed by atoms with E-state index in [-0.39, 0.29) is 0 Å². The zero-order chi connectivity index (χ0) is 26.9. The summed E-state index contributed by atoms with van der Waals surface area (Å²) in [6, 6.07) is 48.1. The molecule has 0 amide bonds. The Hall–Kier alpha value is -5.19. The molecule has 0 fully saturated rings. The summed E-state index contributed by atoms with van der Waals surface area (Å²) in [5, 5.41) is 5.09. The number of aromatic nitrogens is 3. The summed E-state index contributed by atoms with van der Waals surface area (Å²) in [6.07, 6.45) is 1.95. The molecule has 0 saturated heterocycles. The molecular weight excluding hydrogens is 518 g/mol. The molecule has 41 heavy (non-hydrogen) atoms. The molecule has 9 aromatic rings. The lowest BCUT2D eigenvalue weighted by Gasteiger charge is -2.09. The summed E-state index contributed by atoms with van der Waals surface area (Å²) in [7, 11) is 0. The van der Waals surface area contributed by atoms with Gasteiger partial charge in [-0.2, -0.15) is 0 Å². The van der Waals surface area contributed by atoms with Crippen LogP contribution < -0.4 is 0 Å². The van der Waals surface area contributed by atoms with Gasteiger partial charge in [-0.05, 0) is 77.9 Å². The first-order valence-electron chi connectivity index (χ1n) is 13.8. The van der Waals surface area contributed by atoms with Gasteiger partial charge in [0.15, 0.2) is 0 Å². The maximum atomic E-state index is 4.67. The normalized spacial score (nSPS) is 11.9. The molecule has 9 rings (SSSR count). The SMILES string of the molecule is c1ccc(-n2c3ccccc3c3cc(-c4ccc5sc6cccc(-n7cnc8ccccc87)c6c5c4)ccc32)cc1. The van der Waals surface area contributed by atoms with Gasteiger partial charge < -0.3 is 4.57 Å². The van der Waals surface area contributed by atoms with Crippen molar-refractivity contribution >= 4 is 64.3 Å². The Kier molecular flexibility index (Phi) is 4.77. The standard InChI is InChI=1S/C37H23N3S/c1-2-9-26(10-3-1)40-31-13-6-4-11-27(31)28-21-24(17-19-32(28)40)25-18-20-35-29(22-25)37-34(15-8-16-36(37)41-35)39-23-38-30-12-5-7-14-33(30)39/h1-23H. The highest BCUT2D eigenvalue weighted by molar-refractivity contribution is 7.25. The Bertz CT molecular complexity index is 2420. The number of imidazole rings is 1. The Morgan fingerprint density at radius 2 is 1.24 bits per heavy atom. The van der Waals surface area contributed by atoms with Crippen LogP contribution in [0.15, 0.2) is 140 Å². The molecule has 0 unspecified atom stereocenters. The smallest absolute Gasteiger partial charge is 0.100 e. The molecule has 0 spiro atoms. The molecule has 4 heteroatoms. The first-order valence-corrected chi connectivity index (χ1v) is 14.6. The average molecular weight is 542 g/mol. The summed E-state index contributed by atoms with van der Waals surface area (Å²) >= 11 is 1.85. The maximum Gasteiger partial charge on any atom is 0.100 e. The van der Waals surface area contributed by atoms with Crippen molar-refractivity contribution in [2.75, 3.05) is 0 Å². The lowest BCUT2D eigenvalue weighted by Crippen LogP contribution is -1.93. The molecule has 3 nitrogen and oxygen atoms in total. The fraction of sp³-hybridized carbons (Fsp3) is 0. The molecule has 0 aliphatic carbocycles. The first kappa shape index (κ1) is 22.6. The van der Waals surface area contributed by atoms with E-state index >= 15 is 0 Å². The van der Waals surface area contributed by atoms with Gasteiger partial charge in [-0.3, -0.25) is 4.57 Å². The number of fused-ring (bicyclic) bond motifs is 7. The van der Waals surface area contributed by atoms with E-state index in [1.807, 2.05) is 23.7 Å². The van der Waals surface area contributed by atoms with Gasteiger partial charge in [-0.15, -0.1) is 11.3 Å². The first-order chi connectivity index (χ1) is 20.3. The van der Waals surface area contributed by atoms with Crippen molar-refractivity contribution in [1.29, 1.82) is 0 Å². The molecule has 3 heterocycles. The van der Waals surface area contributed by atoms with Crippen molar-refractivity contribution in [3.63, 3.8) is 0 Å². The molecule has 3 aromatic heterocycles. The van der Waals surface area contributed by atoms with Gasteiger partial charge in [0.1, 0.15) is 6.33 Å². The monoisotopic (exact) mass is 541 g/mol. The van der Waals surface area contributed by atoms with Crippen LogP contribution in [-0.4, -0.2) is 14.1 Å². The van der Waals surface area contributed by atoms with E-state index in [9.17, 15) is 0 Å². The number of hydrogen-bond acceptors (Lipinski definition) is 2. The van der Waals surface area contributed by atoms with Gasteiger partial charge in [0.05, 0.1) is 27.8 Å². The van der Waals surface area contributed by atoms with E-state index in [1.165, 1.54) is 64.5 Å². The van der Waals surface area contributed by atoms with E-state index in [0.29, 0.717) is 0 Å². The minimum Gasteiger partial charge on any atom is -0.309 e. The lowest BCUT2D eigenvalue weighted by atomic mass is 10.00. The molecule has 6 aromatic carbocycles. The highest BCUT2D eigenvalue weighted by atomic mass is 32.1. The van der Waals surface area contributed by atoms with Gasteiger partial charge in [0, 0.05) is 36.6 Å². The van der Waals surface area contributed by atoms with Gasteiger partial charge in [-0.1, -0.05) is 66.7 Å². The molecule has 0 radical (unpaired) electrons. The van der Waals surface area contributed by atoms with Crippen LogP contribution in [-0.2, 0) is 0 Å². The minimum atomic E-state index is 1.01. The molecule has 0 N–H and O–H groups in total. The van der Waals surface area contributed by atoms with Crippen molar-refractivity contribution in [3.05, 3.63) is 140 Å². The number of hydrogen-bond donors (Lipinski definition) is 0. The maximum absolute atomic E-state index is 4.67. The number of benzene rings is 6. The third-order valence-electron chi connectivity index (χ3n) is 8.21. The second-order valence-corrected chi connectivity index (χ2v) is 11.6. The lowest BCUT2D eigenvalue weighted by molar-refractivity contribution is 1.11. The van der Waals surface area contributed by atoms with Crippen LogP contribution in [0.4, 0.5) is 0 Å². The third kappa shape index (κ3) is 3.35. The summed E-state index contributed by atoms with van der Waals surface area (Å²) in [5.41, 5.74) is 9.36. The Morgan fingerprint density at radius 3 is 2.15 bits per heavy atom. The second-order valence-electron chi connectivity index (χ2n) is 10.5. The molecular formula is C37H23N3S. The summed E-state index contributed by atoms with van der Waals surface area (Å²) < 4.78 is 7.17. The zero-order valence-electron chi connectivity index (χ0n) is 22.0. The number of nitrogens with zero attached hydrogens (tertiary/aromatic N) is 3. The molecule has 0 aliphatic rings. The molecule has 0 atom stereocenters. The minimum absolute atomic E-state index is 1.01. The van der Waals surface area contributed by atoms with Crippen molar-refractivity contribution in [3.8, 4) is 22.5 Å². The molecule has 0 bridgehead atoms. The van der Waals surface area contributed by atoms with Crippen molar-refractivity contribution in [2.24, 2.45) is 0 Å². The van der Waals surface area contributed by atoms with Crippen molar-refractivity contribution in [2.45, 2.75) is 0 Å². The number of rotatable bonds is 3. The summed E-state index contributed by atoms with van der Waals surface area (Å²) in [4.78, 5) is 4.67. The topological polar surface area (TPSA) is 22.8 Å². The fourth-order valence-corrected chi connectivity index (χ4v) is 7.45. The number of para-hydroxylation sites is 4. The summed E-state index contributed by atoms with van der Waals surface area (Å²) in [5.74, 6) is 0. The van der Waals surface area contributed by atoms with Crippen LogP contribution in [0.3, 0.4) is 0 Å². The second kappa shape index (κ2) is 8.65. The predicted octanol–water partition coefficient (Wildman–Crippen LogP) is 10.2. The van der Waals surface area contributed by atoms with Crippen LogP contribution in [0, 0.1) is 0 Å². The van der Waals surface area contributed by atoms with E-state index < -0.39 is 0 Å². The highest BCUT2D eigenvalue weighted by Crippen LogP contribution is 2.41. The van der Waals surface area contributed by atoms with Gasteiger partial charge in [-0.25, -0.2) is 4.98 Å². The quantitative estimate of drug-likeness (QED) is 0.218. The van der Waals surface area contributed by atoms with E-state index in [0.717, 1.165) is 11.0 Å². The Morgan fingerprint density at radius 1 is 0.512 bits per heavy atom. The van der Waals surface area contributed by atoms with Gasteiger partial charge in [0.25, 0.3) is 0 Å². The number of thiophene rings is 1. The van der Waals surface area contributed by atoms with Gasteiger partial charge >= 0.3 is 0 Å². The molecule has 0 saturated carbocycles. The van der Waals surface area contributed by atoms with Crippen LogP contribution >= 0.6 is 11.3 Å². The fourth-order valence-electron chi connectivity index (χ4n) is 6.35. The predicted molar refractivity (Wildman–Crippen MR) is 174 cm³/mol. The third-order valence-corrected chi connectivity index (χ3v) is 9.34. The van der Waals surface area contributed by atoms with Crippen LogP contribution in [0.2, 0.25) is 0 Å². The molecule has 192 valence electrons. The van der Waals surface area contributed by atoms with Crippen molar-refractivity contribution in [1.82, 2.24) is 14.1 Å². The largest absolute Gasteiger partial charge is 0.309 e. The van der Waals surface area contributed by atoms with E-state index in [1.54, 1.807) is 0 Å². The molecule has 0 aliphatic heterocycles. The van der Waals surface area contributed by atoms with Crippen LogP contribution in [0.5, 0.6) is 0 Å². The Balaban J connectivity index is 1.27. The van der Waals surface area contributed by atoms with Gasteiger partial charge in [0.2, 0.25) is 0 Å². The van der Waals surface area contributed by atoms with E-state index in [4.69, 9.17) is 0 Å². The van der Waals surface area contributed by atoms with E-state index in [2.05, 4.69) is 142 Å². The Labute approximate surface area is 240 Å². The van der Waals surface area contributed by atoms with Crippen LogP contribution in [0.1, 0.15) is 0 Å². The zero-order valence-corrected chi connectivity index (χ0v) is 22.8. The van der Waals surface area contributed by atoms with Crippen molar-refractivity contribution < 1.29 is 0 Å². The van der Waals surface area contributed by atoms with Crippen LogP contribution in [0.25, 0.3) is 75.5 Å². The summed E-state index contributed by atoms with van der Waals surface area (Å²) in [6.45, 7) is 0. The highest BCUT2D eigenvalue weighted by Gasteiger charge is 2.16.